The third-order valence-corrected chi connectivity index (χ3v) is 4.61. The van der Waals surface area contributed by atoms with E-state index in [-0.39, 0.29) is 12.0 Å². The molecular formula is C20H22N2OS. The van der Waals surface area contributed by atoms with Crippen molar-refractivity contribution in [2.75, 3.05) is 12.9 Å². The smallest absolute Gasteiger partial charge is 0.123 e. The summed E-state index contributed by atoms with van der Waals surface area (Å²) >= 11 is 4.52. The molecule has 4 heteroatoms. The highest BCUT2D eigenvalue weighted by molar-refractivity contribution is 7.80. The molecule has 0 radical (unpaired) electrons. The fourth-order valence-electron chi connectivity index (χ4n) is 2.91. The highest BCUT2D eigenvalue weighted by atomic mass is 32.1. The van der Waals surface area contributed by atoms with Gasteiger partial charge in [-0.05, 0) is 17.5 Å². The van der Waals surface area contributed by atoms with E-state index in [1.54, 1.807) is 7.11 Å². The van der Waals surface area contributed by atoms with E-state index in [0.717, 1.165) is 29.3 Å². The number of thiol groups is 1. The summed E-state index contributed by atoms with van der Waals surface area (Å²) in [4.78, 5) is 8.04. The van der Waals surface area contributed by atoms with Crippen LogP contribution in [0.3, 0.4) is 0 Å². The topological polar surface area (TPSA) is 37.9 Å². The van der Waals surface area contributed by atoms with Gasteiger partial charge in [-0.3, -0.25) is 0 Å². The van der Waals surface area contributed by atoms with E-state index in [9.17, 15) is 0 Å². The molecule has 1 aromatic heterocycles. The number of methoxy groups -OCH3 is 1. The first-order valence-corrected chi connectivity index (χ1v) is 8.72. The molecule has 1 heterocycles. The van der Waals surface area contributed by atoms with E-state index >= 15 is 0 Å². The van der Waals surface area contributed by atoms with Crippen LogP contribution in [-0.2, 0) is 11.2 Å². The van der Waals surface area contributed by atoms with Crippen LogP contribution in [0.25, 0.3) is 0 Å². The molecule has 0 saturated carbocycles. The lowest BCUT2D eigenvalue weighted by Crippen LogP contribution is -2.08. The Bertz CT molecular complexity index is 743. The summed E-state index contributed by atoms with van der Waals surface area (Å²) < 4.78 is 5.68. The lowest BCUT2D eigenvalue weighted by molar-refractivity contribution is 0.133. The van der Waals surface area contributed by atoms with Crippen LogP contribution in [0.1, 0.15) is 34.7 Å². The van der Waals surface area contributed by atoms with Crippen molar-refractivity contribution >= 4 is 12.6 Å². The second kappa shape index (κ2) is 8.18. The van der Waals surface area contributed by atoms with Crippen molar-refractivity contribution in [1.29, 1.82) is 0 Å². The third-order valence-electron chi connectivity index (χ3n) is 4.17. The van der Waals surface area contributed by atoms with Crippen molar-refractivity contribution < 1.29 is 4.74 Å². The van der Waals surface area contributed by atoms with Crippen LogP contribution in [-0.4, -0.2) is 22.8 Å². The third kappa shape index (κ3) is 3.89. The van der Waals surface area contributed by atoms with Gasteiger partial charge in [0, 0.05) is 18.8 Å². The quantitative estimate of drug-likeness (QED) is 0.627. The van der Waals surface area contributed by atoms with Crippen LogP contribution < -0.4 is 0 Å². The number of nitrogens with one attached hydrogen (secondary N) is 1. The van der Waals surface area contributed by atoms with Crippen LogP contribution in [0, 0.1) is 0 Å². The number of ether oxygens (including phenoxy) is 1. The molecule has 0 fully saturated rings. The first kappa shape index (κ1) is 16.8. The molecule has 0 saturated heterocycles. The van der Waals surface area contributed by atoms with Gasteiger partial charge in [0.1, 0.15) is 11.9 Å². The Balaban J connectivity index is 1.80. The van der Waals surface area contributed by atoms with Crippen molar-refractivity contribution in [3.63, 3.8) is 0 Å². The van der Waals surface area contributed by atoms with Gasteiger partial charge < -0.3 is 9.72 Å². The van der Waals surface area contributed by atoms with Gasteiger partial charge in [0.05, 0.1) is 11.9 Å². The standard InChI is InChI=1S/C20H22N2OS/c1-23-19(16-10-6-3-7-11-16)18-13-21-20(22-18)17(14-24)12-15-8-4-2-5-9-15/h2-11,13,17,19,24H,12,14H2,1H3,(H,21,22)/t17-,19+/m0/s1. The molecule has 0 spiro atoms. The molecule has 2 aromatic carbocycles. The lowest BCUT2D eigenvalue weighted by atomic mass is 10.0. The average Bonchev–Trinajstić information content (AvgIpc) is 3.12. The summed E-state index contributed by atoms with van der Waals surface area (Å²) in [5, 5.41) is 0. The lowest BCUT2D eigenvalue weighted by Gasteiger charge is -2.15. The highest BCUT2D eigenvalue weighted by Crippen LogP contribution is 2.26. The maximum atomic E-state index is 5.68. The van der Waals surface area contributed by atoms with Crippen LogP contribution in [0.4, 0.5) is 0 Å². The SMILES string of the molecule is CO[C@H](c1ccccc1)c1cnc([C@H](CS)Cc2ccccc2)[nH]1. The molecule has 1 N–H and O–H groups in total. The second-order valence-corrected chi connectivity index (χ2v) is 6.18. The number of imidazole rings is 1. The van der Waals surface area contributed by atoms with E-state index in [2.05, 4.69) is 59.0 Å². The zero-order chi connectivity index (χ0) is 16.8. The van der Waals surface area contributed by atoms with Crippen LogP contribution in [0.2, 0.25) is 0 Å². The van der Waals surface area contributed by atoms with E-state index in [4.69, 9.17) is 4.74 Å². The minimum absolute atomic E-state index is 0.134. The predicted molar refractivity (Wildman–Crippen MR) is 101 cm³/mol. The van der Waals surface area contributed by atoms with Gasteiger partial charge in [-0.25, -0.2) is 4.98 Å². The van der Waals surface area contributed by atoms with E-state index in [1.807, 2.05) is 30.5 Å². The number of nitrogens with zero attached hydrogens (tertiary/aromatic N) is 1. The highest BCUT2D eigenvalue weighted by Gasteiger charge is 2.19. The van der Waals surface area contributed by atoms with Gasteiger partial charge in [-0.15, -0.1) is 0 Å². The van der Waals surface area contributed by atoms with Gasteiger partial charge in [-0.2, -0.15) is 12.6 Å². The summed E-state index contributed by atoms with van der Waals surface area (Å²) in [5.74, 6) is 1.95. The fraction of sp³-hybridized carbons (Fsp3) is 0.250. The van der Waals surface area contributed by atoms with Gasteiger partial charge in [0.15, 0.2) is 0 Å². The molecule has 124 valence electrons. The number of aromatic amines is 1. The van der Waals surface area contributed by atoms with Gasteiger partial charge in [0.25, 0.3) is 0 Å². The molecule has 3 rings (SSSR count). The Kier molecular flexibility index (Phi) is 5.72. The van der Waals surface area contributed by atoms with E-state index < -0.39 is 0 Å². The number of rotatable bonds is 7. The van der Waals surface area contributed by atoms with Crippen molar-refractivity contribution in [3.05, 3.63) is 89.5 Å². The Morgan fingerprint density at radius 2 is 1.71 bits per heavy atom. The molecule has 0 aliphatic rings. The Hall–Kier alpha value is -2.04. The van der Waals surface area contributed by atoms with Gasteiger partial charge in [0.2, 0.25) is 0 Å². The van der Waals surface area contributed by atoms with Crippen LogP contribution in [0.15, 0.2) is 66.9 Å². The Morgan fingerprint density at radius 1 is 1.04 bits per heavy atom. The maximum Gasteiger partial charge on any atom is 0.123 e. The zero-order valence-corrected chi connectivity index (χ0v) is 14.6. The molecule has 0 aliphatic heterocycles. The van der Waals surface area contributed by atoms with Crippen molar-refractivity contribution in [1.82, 2.24) is 9.97 Å². The van der Waals surface area contributed by atoms with E-state index in [1.165, 1.54) is 5.56 Å². The van der Waals surface area contributed by atoms with Crippen LogP contribution in [0.5, 0.6) is 0 Å². The minimum atomic E-state index is -0.134. The average molecular weight is 338 g/mol. The first-order chi connectivity index (χ1) is 11.8. The zero-order valence-electron chi connectivity index (χ0n) is 13.7. The number of H-pyrrole nitrogens is 1. The second-order valence-electron chi connectivity index (χ2n) is 5.82. The first-order valence-electron chi connectivity index (χ1n) is 8.09. The number of hydrogen-bond donors (Lipinski definition) is 2. The van der Waals surface area contributed by atoms with E-state index in [0.29, 0.717) is 0 Å². The maximum absolute atomic E-state index is 5.68. The summed E-state index contributed by atoms with van der Waals surface area (Å²) in [6.45, 7) is 0. The Labute approximate surface area is 148 Å². The molecule has 0 bridgehead atoms. The molecular weight excluding hydrogens is 316 g/mol. The molecule has 3 aromatic rings. The van der Waals surface area contributed by atoms with Gasteiger partial charge >= 0.3 is 0 Å². The number of hydrogen-bond acceptors (Lipinski definition) is 3. The van der Waals surface area contributed by atoms with Crippen molar-refractivity contribution in [3.8, 4) is 0 Å². The predicted octanol–water partition coefficient (Wildman–Crippen LogP) is 4.40. The Morgan fingerprint density at radius 3 is 2.33 bits per heavy atom. The monoisotopic (exact) mass is 338 g/mol. The van der Waals surface area contributed by atoms with Crippen molar-refractivity contribution in [2.45, 2.75) is 18.4 Å². The van der Waals surface area contributed by atoms with Crippen molar-refractivity contribution in [2.24, 2.45) is 0 Å². The number of benzene rings is 2. The summed E-state index contributed by atoms with van der Waals surface area (Å²) in [5.41, 5.74) is 3.38. The molecule has 3 nitrogen and oxygen atoms in total. The molecule has 24 heavy (non-hydrogen) atoms. The largest absolute Gasteiger partial charge is 0.370 e. The normalized spacial score (nSPS) is 13.6. The fourth-order valence-corrected chi connectivity index (χ4v) is 3.21. The van der Waals surface area contributed by atoms with Crippen LogP contribution >= 0.6 is 12.6 Å². The van der Waals surface area contributed by atoms with Gasteiger partial charge in [-0.1, -0.05) is 60.7 Å². The number of aromatic nitrogens is 2. The summed E-state index contributed by atoms with van der Waals surface area (Å²) in [6.07, 6.45) is 2.66. The summed E-state index contributed by atoms with van der Waals surface area (Å²) in [6, 6.07) is 20.6. The molecule has 0 aliphatic carbocycles. The molecule has 0 amide bonds. The summed E-state index contributed by atoms with van der Waals surface area (Å²) in [7, 11) is 1.72. The molecule has 0 unspecified atom stereocenters. The minimum Gasteiger partial charge on any atom is -0.370 e. The molecule has 2 atom stereocenters.